The van der Waals surface area contributed by atoms with Crippen molar-refractivity contribution in [2.24, 2.45) is 17.0 Å². The molecule has 184 valence electrons. The number of ether oxygens (including phenoxy) is 3. The first kappa shape index (κ1) is 26.8. The molecule has 2 aliphatic heterocycles. The number of fused-ring (bicyclic) bond motifs is 2. The number of rotatable bonds is 5. The van der Waals surface area contributed by atoms with Gasteiger partial charge >= 0.3 is 5.97 Å². The van der Waals surface area contributed by atoms with Crippen LogP contribution in [-0.4, -0.2) is 65.3 Å². The van der Waals surface area contributed by atoms with E-state index in [0.29, 0.717) is 25.9 Å². The summed E-state index contributed by atoms with van der Waals surface area (Å²) in [6.07, 6.45) is 3.57. The third-order valence-electron chi connectivity index (χ3n) is 6.36. The molecule has 6 atom stereocenters. The highest BCUT2D eigenvalue weighted by Crippen LogP contribution is 2.42. The predicted octanol–water partition coefficient (Wildman–Crippen LogP) is 3.35. The highest BCUT2D eigenvalue weighted by molar-refractivity contribution is 6.06. The zero-order valence-corrected chi connectivity index (χ0v) is 20.6. The molecule has 8 heteroatoms. The second-order valence-corrected chi connectivity index (χ2v) is 9.71. The SMILES string of the molecule is CCCO/N=C1\[C@@H](C)C(=O)O[C@@H](CC)C(C)(O)/C=C(\C)CC(C)CC2(OC)CC1(O)CO2. The molecule has 2 rings (SSSR count). The quantitative estimate of drug-likeness (QED) is 0.283. The fraction of sp³-hybridized carbons (Fsp3) is 0.833. The summed E-state index contributed by atoms with van der Waals surface area (Å²) in [5.74, 6) is -2.34. The molecule has 0 amide bonds. The number of oxime groups is 1. The van der Waals surface area contributed by atoms with E-state index >= 15 is 0 Å². The van der Waals surface area contributed by atoms with Gasteiger partial charge in [-0.15, -0.1) is 0 Å². The smallest absolute Gasteiger partial charge is 0.315 e. The maximum Gasteiger partial charge on any atom is 0.315 e. The van der Waals surface area contributed by atoms with E-state index in [9.17, 15) is 15.0 Å². The summed E-state index contributed by atoms with van der Waals surface area (Å²) in [4.78, 5) is 18.5. The molecule has 0 aromatic heterocycles. The molecular weight excluding hydrogens is 414 g/mol. The van der Waals surface area contributed by atoms with E-state index in [2.05, 4.69) is 12.1 Å². The minimum absolute atomic E-state index is 0.0662. The van der Waals surface area contributed by atoms with Crippen LogP contribution in [0.5, 0.6) is 0 Å². The first-order valence-electron chi connectivity index (χ1n) is 11.6. The van der Waals surface area contributed by atoms with E-state index < -0.39 is 35.0 Å². The molecule has 1 saturated heterocycles. The molecule has 8 nitrogen and oxygen atoms in total. The maximum absolute atomic E-state index is 13.1. The lowest BCUT2D eigenvalue weighted by atomic mass is 9.82. The van der Waals surface area contributed by atoms with E-state index in [-0.39, 0.29) is 24.7 Å². The Labute approximate surface area is 191 Å². The molecule has 0 aliphatic carbocycles. The van der Waals surface area contributed by atoms with Gasteiger partial charge in [0.05, 0.1) is 12.5 Å². The monoisotopic (exact) mass is 455 g/mol. The van der Waals surface area contributed by atoms with Gasteiger partial charge in [-0.3, -0.25) is 4.79 Å². The number of cyclic esters (lactones) is 1. The van der Waals surface area contributed by atoms with Gasteiger partial charge in [0.1, 0.15) is 29.6 Å². The van der Waals surface area contributed by atoms with E-state index in [1.807, 2.05) is 20.8 Å². The zero-order valence-electron chi connectivity index (χ0n) is 20.6. The number of carbonyl (C=O) groups excluding carboxylic acids is 1. The molecule has 0 aromatic rings. The normalized spacial score (nSPS) is 42.2. The van der Waals surface area contributed by atoms with Gasteiger partial charge in [-0.25, -0.2) is 0 Å². The van der Waals surface area contributed by atoms with Crippen LogP contribution >= 0.6 is 0 Å². The van der Waals surface area contributed by atoms with Crippen molar-refractivity contribution in [3.63, 3.8) is 0 Å². The minimum Gasteiger partial charge on any atom is -0.458 e. The number of methoxy groups -OCH3 is 1. The van der Waals surface area contributed by atoms with Crippen LogP contribution in [0.25, 0.3) is 0 Å². The molecule has 2 heterocycles. The van der Waals surface area contributed by atoms with Crippen LogP contribution in [0, 0.1) is 11.8 Å². The average molecular weight is 456 g/mol. The lowest BCUT2D eigenvalue weighted by Gasteiger charge is -2.34. The van der Waals surface area contributed by atoms with Gasteiger partial charge in [0, 0.05) is 20.0 Å². The molecule has 1 fully saturated rings. The molecule has 2 aliphatic rings. The third-order valence-corrected chi connectivity index (χ3v) is 6.36. The van der Waals surface area contributed by atoms with Gasteiger partial charge in [-0.2, -0.15) is 0 Å². The van der Waals surface area contributed by atoms with Crippen molar-refractivity contribution in [3.05, 3.63) is 11.6 Å². The maximum atomic E-state index is 13.1. The van der Waals surface area contributed by atoms with Crippen molar-refractivity contribution in [1.82, 2.24) is 0 Å². The molecule has 0 saturated carbocycles. The topological polar surface area (TPSA) is 107 Å². The van der Waals surface area contributed by atoms with Crippen LogP contribution in [0.1, 0.15) is 73.6 Å². The van der Waals surface area contributed by atoms with Crippen molar-refractivity contribution < 1.29 is 34.1 Å². The van der Waals surface area contributed by atoms with Crippen LogP contribution in [0.15, 0.2) is 16.8 Å². The standard InChI is InChI=1S/C24H41NO7/c1-8-10-31-25-20-18(5)21(26)32-19(9-2)22(6,27)12-16(3)11-17(4)13-24(29-7)14-23(20,28)15-30-24/h12,17-19,27-28H,8-11,13-15H2,1-7H3/b16-12+,25-20+/t17?,18-,19+,22?,23?,24?/m1/s1. The number of allylic oxidation sites excluding steroid dienone is 1. The number of carbonyl (C=O) groups is 1. The first-order valence-corrected chi connectivity index (χ1v) is 11.6. The molecule has 4 unspecified atom stereocenters. The largest absolute Gasteiger partial charge is 0.458 e. The van der Waals surface area contributed by atoms with E-state index in [0.717, 1.165) is 12.0 Å². The molecule has 0 spiro atoms. The lowest BCUT2D eigenvalue weighted by molar-refractivity contribution is -0.203. The highest BCUT2D eigenvalue weighted by Gasteiger charge is 2.55. The van der Waals surface area contributed by atoms with E-state index in [1.165, 1.54) is 0 Å². The van der Waals surface area contributed by atoms with Crippen LogP contribution in [0.2, 0.25) is 0 Å². The fourth-order valence-corrected chi connectivity index (χ4v) is 4.86. The third kappa shape index (κ3) is 6.10. The zero-order chi connectivity index (χ0) is 24.2. The Kier molecular flexibility index (Phi) is 8.90. The first-order chi connectivity index (χ1) is 14.9. The summed E-state index contributed by atoms with van der Waals surface area (Å²) >= 11 is 0. The van der Waals surface area contributed by atoms with Gasteiger partial charge in [0.2, 0.25) is 0 Å². The van der Waals surface area contributed by atoms with Crippen LogP contribution in [0.4, 0.5) is 0 Å². The van der Waals surface area contributed by atoms with Gasteiger partial charge in [-0.05, 0) is 46.0 Å². The summed E-state index contributed by atoms with van der Waals surface area (Å²) in [5.41, 5.74) is -1.74. The van der Waals surface area contributed by atoms with E-state index in [1.54, 1.807) is 27.0 Å². The van der Waals surface area contributed by atoms with Crippen molar-refractivity contribution in [3.8, 4) is 0 Å². The average Bonchev–Trinajstić information content (AvgIpc) is 3.04. The van der Waals surface area contributed by atoms with Crippen molar-refractivity contribution >= 4 is 11.7 Å². The van der Waals surface area contributed by atoms with E-state index in [4.69, 9.17) is 19.0 Å². The molecule has 0 aromatic carbocycles. The molecule has 32 heavy (non-hydrogen) atoms. The lowest BCUT2D eigenvalue weighted by Crippen LogP contribution is -2.49. The fourth-order valence-electron chi connectivity index (χ4n) is 4.86. The Morgan fingerprint density at radius 1 is 1.28 bits per heavy atom. The predicted molar refractivity (Wildman–Crippen MR) is 121 cm³/mol. The van der Waals surface area contributed by atoms with Crippen LogP contribution in [-0.2, 0) is 23.8 Å². The minimum atomic E-state index is -1.54. The Hall–Kier alpha value is -1.48. The van der Waals surface area contributed by atoms with Crippen molar-refractivity contribution in [2.45, 2.75) is 96.7 Å². The Morgan fingerprint density at radius 2 is 1.97 bits per heavy atom. The van der Waals surface area contributed by atoms with Gasteiger partial charge in [0.15, 0.2) is 5.79 Å². The summed E-state index contributed by atoms with van der Waals surface area (Å²) in [5, 5.41) is 26.8. The summed E-state index contributed by atoms with van der Waals surface area (Å²) in [7, 11) is 1.56. The Balaban J connectivity index is 2.53. The number of esters is 1. The van der Waals surface area contributed by atoms with Gasteiger partial charge in [-0.1, -0.05) is 37.6 Å². The molecule has 2 N–H and O–H groups in total. The van der Waals surface area contributed by atoms with Crippen molar-refractivity contribution in [2.75, 3.05) is 20.3 Å². The number of aliphatic hydroxyl groups is 2. The second kappa shape index (κ2) is 10.6. The summed E-state index contributed by atoms with van der Waals surface area (Å²) < 4.78 is 17.5. The molecular formula is C24H41NO7. The molecule has 2 bridgehead atoms. The van der Waals surface area contributed by atoms with Crippen LogP contribution < -0.4 is 0 Å². The summed E-state index contributed by atoms with van der Waals surface area (Å²) in [6.45, 7) is 11.4. The van der Waals surface area contributed by atoms with Gasteiger partial charge < -0.3 is 29.3 Å². The second-order valence-electron chi connectivity index (χ2n) is 9.71. The van der Waals surface area contributed by atoms with Gasteiger partial charge in [0.25, 0.3) is 0 Å². The Bertz CT molecular complexity index is 719. The highest BCUT2D eigenvalue weighted by atomic mass is 16.7. The van der Waals surface area contributed by atoms with Crippen molar-refractivity contribution in [1.29, 1.82) is 0 Å². The van der Waals surface area contributed by atoms with Crippen LogP contribution in [0.3, 0.4) is 0 Å². The number of nitrogens with zero attached hydrogens (tertiary/aromatic N) is 1. The number of hydrogen-bond donors (Lipinski definition) is 2. The molecule has 0 radical (unpaired) electrons. The number of hydrogen-bond acceptors (Lipinski definition) is 8. The Morgan fingerprint density at radius 3 is 2.56 bits per heavy atom. The summed E-state index contributed by atoms with van der Waals surface area (Å²) in [6, 6.07) is 0.